The summed E-state index contributed by atoms with van der Waals surface area (Å²) in [5.41, 5.74) is 0. The molecular formula is C36H71LiO5. The Bertz CT molecular complexity index is 529. The number of aliphatic hydroxyl groups excluding tert-OH is 1. The molecule has 6 heteroatoms. The summed E-state index contributed by atoms with van der Waals surface area (Å²) in [6, 6.07) is 0. The molecule has 5 nitrogen and oxygen atoms in total. The Balaban J connectivity index is -0.000000708. The maximum atomic E-state index is 10.3. The van der Waals surface area contributed by atoms with Crippen LogP contribution in [0.15, 0.2) is 0 Å². The molecule has 0 aliphatic rings. The van der Waals surface area contributed by atoms with Crippen molar-refractivity contribution < 1.29 is 43.8 Å². The molecule has 0 saturated heterocycles. The van der Waals surface area contributed by atoms with Crippen LogP contribution in [-0.2, 0) is 9.59 Å². The SMILES string of the molecule is CCCCCCC(O)CCCCCCCCCCC(=O)O.CCCCCCCCCCCCCCCCCC(=O)[O-].[Li+]. The molecule has 0 aromatic carbocycles. The Kier molecular flexibility index (Phi) is 44.3. The standard InChI is InChI=1S/C18H36O3.C18H36O2.Li/c1-2-3-4-11-14-17(19)15-12-9-7-5-6-8-10-13-16-18(20)21;1-2-3-4-5-6-7-8-9-10-11-12-13-14-15-16-17-18(19)20;/h17,19H,2-16H2,1H3,(H,20,21);2-17H2,1H3,(H,19,20);/q;;+1/p-1. The number of unbranched alkanes of at least 4 members (excludes halogenated alkanes) is 24. The zero-order chi connectivity index (χ0) is 30.7. The molecule has 42 heavy (non-hydrogen) atoms. The molecule has 0 aliphatic heterocycles. The van der Waals surface area contributed by atoms with Crippen LogP contribution >= 0.6 is 0 Å². The molecular weight excluding hydrogens is 519 g/mol. The normalized spacial score (nSPS) is 11.4. The summed E-state index contributed by atoms with van der Waals surface area (Å²) >= 11 is 0. The summed E-state index contributed by atoms with van der Waals surface area (Å²) < 4.78 is 0. The van der Waals surface area contributed by atoms with Gasteiger partial charge >= 0.3 is 24.8 Å². The van der Waals surface area contributed by atoms with Crippen LogP contribution in [0, 0.1) is 0 Å². The molecule has 2 N–H and O–H groups in total. The first-order valence-electron chi connectivity index (χ1n) is 18.0. The summed E-state index contributed by atoms with van der Waals surface area (Å²) in [4.78, 5) is 20.6. The first kappa shape index (κ1) is 45.9. The largest absolute Gasteiger partial charge is 1.00 e. The van der Waals surface area contributed by atoms with Crippen molar-refractivity contribution in [2.45, 2.75) is 219 Å². The third-order valence-corrected chi connectivity index (χ3v) is 8.05. The van der Waals surface area contributed by atoms with E-state index in [-0.39, 0.29) is 31.4 Å². The van der Waals surface area contributed by atoms with Crippen LogP contribution in [0.5, 0.6) is 0 Å². The summed E-state index contributed by atoms with van der Waals surface area (Å²) in [5, 5.41) is 28.6. The van der Waals surface area contributed by atoms with Crippen LogP contribution in [0.3, 0.4) is 0 Å². The van der Waals surface area contributed by atoms with Crippen molar-refractivity contribution in [1.82, 2.24) is 0 Å². The zero-order valence-corrected chi connectivity index (χ0v) is 28.6. The van der Waals surface area contributed by atoms with Crippen LogP contribution in [0.1, 0.15) is 213 Å². The maximum Gasteiger partial charge on any atom is 1.00 e. The number of hydrogen-bond donors (Lipinski definition) is 2. The summed E-state index contributed by atoms with van der Waals surface area (Å²) in [6.45, 7) is 4.48. The van der Waals surface area contributed by atoms with Gasteiger partial charge < -0.3 is 20.1 Å². The molecule has 1 unspecified atom stereocenters. The zero-order valence-electron chi connectivity index (χ0n) is 28.6. The van der Waals surface area contributed by atoms with Crippen LogP contribution < -0.4 is 24.0 Å². The van der Waals surface area contributed by atoms with E-state index in [9.17, 15) is 19.8 Å². The van der Waals surface area contributed by atoms with Gasteiger partial charge in [-0.05, 0) is 32.1 Å². The van der Waals surface area contributed by atoms with E-state index in [0.29, 0.717) is 6.42 Å². The minimum absolute atomic E-state index is 0. The molecule has 246 valence electrons. The van der Waals surface area contributed by atoms with Crippen LogP contribution in [-0.4, -0.2) is 28.3 Å². The van der Waals surface area contributed by atoms with Gasteiger partial charge in [0.2, 0.25) is 0 Å². The molecule has 0 rings (SSSR count). The van der Waals surface area contributed by atoms with E-state index in [1.807, 2.05) is 0 Å². The van der Waals surface area contributed by atoms with Gasteiger partial charge in [0, 0.05) is 12.4 Å². The third-order valence-electron chi connectivity index (χ3n) is 8.05. The molecule has 0 saturated carbocycles. The third kappa shape index (κ3) is 46.5. The van der Waals surface area contributed by atoms with Gasteiger partial charge in [0.1, 0.15) is 0 Å². The Morgan fingerprint density at radius 2 is 0.738 bits per heavy atom. The molecule has 0 spiro atoms. The van der Waals surface area contributed by atoms with Crippen molar-refractivity contribution in [2.24, 2.45) is 0 Å². The average Bonchev–Trinajstić information content (AvgIpc) is 2.94. The van der Waals surface area contributed by atoms with Gasteiger partial charge in [0.15, 0.2) is 0 Å². The Morgan fingerprint density at radius 3 is 1.05 bits per heavy atom. The fraction of sp³-hybridized carbons (Fsp3) is 0.944. The second kappa shape index (κ2) is 40.5. The van der Waals surface area contributed by atoms with E-state index in [2.05, 4.69) is 13.8 Å². The number of carboxylic acids is 2. The fourth-order valence-corrected chi connectivity index (χ4v) is 5.31. The summed E-state index contributed by atoms with van der Waals surface area (Å²) in [7, 11) is 0. The van der Waals surface area contributed by atoms with Crippen molar-refractivity contribution in [3.05, 3.63) is 0 Å². The van der Waals surface area contributed by atoms with Gasteiger partial charge in [-0.25, -0.2) is 0 Å². The van der Waals surface area contributed by atoms with Crippen molar-refractivity contribution >= 4 is 11.9 Å². The van der Waals surface area contributed by atoms with Crippen LogP contribution in [0.4, 0.5) is 0 Å². The van der Waals surface area contributed by atoms with Gasteiger partial charge in [-0.15, -0.1) is 0 Å². The molecule has 0 radical (unpaired) electrons. The average molecular weight is 591 g/mol. The van der Waals surface area contributed by atoms with E-state index in [0.717, 1.165) is 51.4 Å². The summed E-state index contributed by atoms with van der Waals surface area (Å²) in [5.74, 6) is -1.58. The van der Waals surface area contributed by atoms with Gasteiger partial charge in [-0.3, -0.25) is 4.79 Å². The fourth-order valence-electron chi connectivity index (χ4n) is 5.31. The van der Waals surface area contributed by atoms with Crippen molar-refractivity contribution in [1.29, 1.82) is 0 Å². The molecule has 0 aromatic rings. The number of rotatable bonds is 32. The van der Waals surface area contributed by atoms with Gasteiger partial charge in [0.25, 0.3) is 0 Å². The molecule has 0 heterocycles. The van der Waals surface area contributed by atoms with Crippen LogP contribution in [0.2, 0.25) is 0 Å². The molecule has 0 amide bonds. The van der Waals surface area contributed by atoms with E-state index < -0.39 is 11.9 Å². The van der Waals surface area contributed by atoms with E-state index in [1.165, 1.54) is 135 Å². The monoisotopic (exact) mass is 591 g/mol. The second-order valence-electron chi connectivity index (χ2n) is 12.3. The quantitative estimate of drug-likeness (QED) is 0.0633. The molecule has 0 aliphatic carbocycles. The van der Waals surface area contributed by atoms with E-state index >= 15 is 0 Å². The minimum Gasteiger partial charge on any atom is -0.550 e. The second-order valence-corrected chi connectivity index (χ2v) is 12.3. The number of carboxylic acid groups (broad SMARTS) is 2. The predicted octanol–water partition coefficient (Wildman–Crippen LogP) is 7.31. The molecule has 0 aromatic heterocycles. The van der Waals surface area contributed by atoms with Gasteiger partial charge in [0.05, 0.1) is 6.10 Å². The van der Waals surface area contributed by atoms with E-state index in [4.69, 9.17) is 5.11 Å². The van der Waals surface area contributed by atoms with Crippen molar-refractivity contribution in [3.8, 4) is 0 Å². The molecule has 0 fully saturated rings. The van der Waals surface area contributed by atoms with Gasteiger partial charge in [-0.1, -0.05) is 174 Å². The first-order chi connectivity index (χ1) is 19.9. The predicted molar refractivity (Wildman–Crippen MR) is 173 cm³/mol. The van der Waals surface area contributed by atoms with Crippen molar-refractivity contribution in [2.75, 3.05) is 0 Å². The summed E-state index contributed by atoms with van der Waals surface area (Å²) in [6.07, 6.45) is 36.1. The molecule has 0 bridgehead atoms. The Hall–Kier alpha value is -0.503. The first-order valence-corrected chi connectivity index (χ1v) is 18.0. The van der Waals surface area contributed by atoms with Gasteiger partial charge in [-0.2, -0.15) is 0 Å². The van der Waals surface area contributed by atoms with Crippen molar-refractivity contribution in [3.63, 3.8) is 0 Å². The van der Waals surface area contributed by atoms with E-state index in [1.54, 1.807) is 0 Å². The topological polar surface area (TPSA) is 97.7 Å². The maximum absolute atomic E-state index is 10.3. The Morgan fingerprint density at radius 1 is 0.476 bits per heavy atom. The minimum atomic E-state index is -0.903. The number of aliphatic carboxylic acids is 2. The smallest absolute Gasteiger partial charge is 0.550 e. The number of aliphatic hydroxyl groups is 1. The van der Waals surface area contributed by atoms with Crippen LogP contribution in [0.25, 0.3) is 0 Å². The number of carbonyl (C=O) groups is 2. The Labute approximate surface area is 274 Å². The number of hydrogen-bond acceptors (Lipinski definition) is 4. The molecule has 1 atom stereocenters. The number of carbonyl (C=O) groups excluding carboxylic acids is 1.